The first-order chi connectivity index (χ1) is 10.5. The summed E-state index contributed by atoms with van der Waals surface area (Å²) in [5, 5.41) is 18.3. The number of hydrogen-bond donors (Lipinski definition) is 1. The van der Waals surface area contributed by atoms with Gasteiger partial charge >= 0.3 is 0 Å². The van der Waals surface area contributed by atoms with E-state index in [1.807, 2.05) is 4.90 Å². The maximum Gasteiger partial charge on any atom is 0.159 e. The van der Waals surface area contributed by atoms with Gasteiger partial charge in [-0.05, 0) is 37.1 Å². The van der Waals surface area contributed by atoms with E-state index in [4.69, 9.17) is 0 Å². The quantitative estimate of drug-likeness (QED) is 0.932. The second-order valence-electron chi connectivity index (χ2n) is 5.89. The van der Waals surface area contributed by atoms with E-state index >= 15 is 0 Å². The van der Waals surface area contributed by atoms with Crippen LogP contribution in [0.1, 0.15) is 18.4 Å². The molecule has 1 fully saturated rings. The second-order valence-corrected chi connectivity index (χ2v) is 5.89. The van der Waals surface area contributed by atoms with E-state index in [1.54, 1.807) is 23.1 Å². The maximum atomic E-state index is 13.3. The van der Waals surface area contributed by atoms with E-state index in [2.05, 4.69) is 10.3 Å². The fourth-order valence-corrected chi connectivity index (χ4v) is 2.98. The molecule has 1 aliphatic heterocycles. The number of hydrogen-bond acceptors (Lipinski definition) is 4. The van der Waals surface area contributed by atoms with Gasteiger partial charge in [0.25, 0.3) is 0 Å². The molecule has 118 valence electrons. The summed E-state index contributed by atoms with van der Waals surface area (Å²) >= 11 is 0. The molecule has 0 spiro atoms. The Morgan fingerprint density at radius 2 is 2.14 bits per heavy atom. The van der Waals surface area contributed by atoms with Crippen LogP contribution in [0, 0.1) is 11.6 Å². The van der Waals surface area contributed by atoms with Gasteiger partial charge in [-0.2, -0.15) is 0 Å². The van der Waals surface area contributed by atoms with Crippen molar-refractivity contribution in [2.24, 2.45) is 0 Å². The average molecular weight is 308 g/mol. The summed E-state index contributed by atoms with van der Waals surface area (Å²) in [5.41, 5.74) is -0.186. The predicted octanol–water partition coefficient (Wildman–Crippen LogP) is 1.58. The third kappa shape index (κ3) is 3.48. The Morgan fingerprint density at radius 3 is 2.86 bits per heavy atom. The third-order valence-electron chi connectivity index (χ3n) is 3.95. The summed E-state index contributed by atoms with van der Waals surface area (Å²) in [7, 11) is 0. The molecule has 0 saturated carbocycles. The molecule has 0 radical (unpaired) electrons. The smallest absolute Gasteiger partial charge is 0.159 e. The largest absolute Gasteiger partial charge is 0.387 e. The van der Waals surface area contributed by atoms with Crippen LogP contribution in [-0.2, 0) is 13.1 Å². The van der Waals surface area contributed by atoms with Crippen molar-refractivity contribution in [1.82, 2.24) is 19.9 Å². The molecule has 0 bridgehead atoms. The minimum absolute atomic E-state index is 0.376. The standard InChI is InChI=1S/C15H18F2N4O/c16-13-3-2-12(8-14(13)17)9-20-6-1-4-15(22,10-20)11-21-7-5-18-19-21/h2-3,5,7-8,22H,1,4,6,9-11H2. The Balaban J connectivity index is 1.66. The minimum atomic E-state index is -0.884. The zero-order chi connectivity index (χ0) is 15.6. The van der Waals surface area contributed by atoms with Gasteiger partial charge in [0.15, 0.2) is 11.6 Å². The van der Waals surface area contributed by atoms with Gasteiger partial charge in [-0.3, -0.25) is 4.90 Å². The van der Waals surface area contributed by atoms with Gasteiger partial charge in [-0.25, -0.2) is 13.5 Å². The van der Waals surface area contributed by atoms with Crippen LogP contribution in [0.2, 0.25) is 0 Å². The molecule has 1 aliphatic rings. The molecule has 22 heavy (non-hydrogen) atoms. The van der Waals surface area contributed by atoms with Crippen LogP contribution < -0.4 is 0 Å². The highest BCUT2D eigenvalue weighted by Gasteiger charge is 2.34. The predicted molar refractivity (Wildman–Crippen MR) is 75.8 cm³/mol. The molecule has 1 saturated heterocycles. The lowest BCUT2D eigenvalue weighted by Crippen LogP contribution is -2.50. The Kier molecular flexibility index (Phi) is 4.17. The fourth-order valence-electron chi connectivity index (χ4n) is 2.98. The highest BCUT2D eigenvalue weighted by atomic mass is 19.2. The van der Waals surface area contributed by atoms with Crippen molar-refractivity contribution in [3.05, 3.63) is 47.8 Å². The minimum Gasteiger partial charge on any atom is -0.387 e. The summed E-state index contributed by atoms with van der Waals surface area (Å²) in [6.45, 7) is 2.14. The lowest BCUT2D eigenvalue weighted by Gasteiger charge is -2.39. The first-order valence-corrected chi connectivity index (χ1v) is 7.27. The maximum absolute atomic E-state index is 13.3. The molecule has 0 amide bonds. The van der Waals surface area contributed by atoms with Crippen LogP contribution in [0.5, 0.6) is 0 Å². The van der Waals surface area contributed by atoms with Crippen LogP contribution in [0.25, 0.3) is 0 Å². The zero-order valence-electron chi connectivity index (χ0n) is 12.1. The van der Waals surface area contributed by atoms with Crippen molar-refractivity contribution >= 4 is 0 Å². The Hall–Kier alpha value is -1.86. The molecule has 1 N–H and O–H groups in total. The summed E-state index contributed by atoms with van der Waals surface area (Å²) in [5.74, 6) is -1.68. The van der Waals surface area contributed by atoms with E-state index < -0.39 is 17.2 Å². The Labute approximate surface area is 127 Å². The molecule has 2 heterocycles. The summed E-state index contributed by atoms with van der Waals surface area (Å²) in [6.07, 6.45) is 4.81. The summed E-state index contributed by atoms with van der Waals surface area (Å²) in [6, 6.07) is 3.92. The van der Waals surface area contributed by atoms with Crippen LogP contribution >= 0.6 is 0 Å². The van der Waals surface area contributed by atoms with E-state index in [0.717, 1.165) is 19.0 Å². The molecule has 3 rings (SSSR count). The lowest BCUT2D eigenvalue weighted by atomic mass is 9.92. The number of nitrogens with zero attached hydrogens (tertiary/aromatic N) is 4. The summed E-state index contributed by atoms with van der Waals surface area (Å²) in [4.78, 5) is 2.05. The van der Waals surface area contributed by atoms with Crippen LogP contribution in [0.3, 0.4) is 0 Å². The third-order valence-corrected chi connectivity index (χ3v) is 3.95. The number of benzene rings is 1. The van der Waals surface area contributed by atoms with E-state index in [-0.39, 0.29) is 0 Å². The number of β-amino-alcohol motifs (C(OH)–C–C–N with tert-alkyl or cyclic N) is 1. The average Bonchev–Trinajstić information content (AvgIpc) is 2.95. The molecule has 1 atom stereocenters. The van der Waals surface area contributed by atoms with E-state index in [9.17, 15) is 13.9 Å². The molecule has 0 aliphatic carbocycles. The zero-order valence-corrected chi connectivity index (χ0v) is 12.1. The van der Waals surface area contributed by atoms with Crippen molar-refractivity contribution in [1.29, 1.82) is 0 Å². The van der Waals surface area contributed by atoms with Gasteiger partial charge in [0.2, 0.25) is 0 Å². The van der Waals surface area contributed by atoms with E-state index in [1.165, 1.54) is 6.07 Å². The first-order valence-electron chi connectivity index (χ1n) is 7.27. The van der Waals surface area contributed by atoms with Crippen molar-refractivity contribution < 1.29 is 13.9 Å². The van der Waals surface area contributed by atoms with Gasteiger partial charge in [0.05, 0.1) is 18.3 Å². The first kappa shape index (κ1) is 15.1. The van der Waals surface area contributed by atoms with Crippen LogP contribution in [0.15, 0.2) is 30.6 Å². The number of aliphatic hydroxyl groups is 1. The van der Waals surface area contributed by atoms with Gasteiger partial charge in [0, 0.05) is 19.3 Å². The van der Waals surface area contributed by atoms with Gasteiger partial charge in [0.1, 0.15) is 0 Å². The van der Waals surface area contributed by atoms with Crippen molar-refractivity contribution in [2.75, 3.05) is 13.1 Å². The van der Waals surface area contributed by atoms with Gasteiger partial charge in [-0.1, -0.05) is 11.3 Å². The van der Waals surface area contributed by atoms with Crippen molar-refractivity contribution in [3.8, 4) is 0 Å². The normalized spacial score (nSPS) is 22.9. The number of piperidine rings is 1. The van der Waals surface area contributed by atoms with Crippen LogP contribution in [-0.4, -0.2) is 43.7 Å². The Morgan fingerprint density at radius 1 is 1.27 bits per heavy atom. The number of rotatable bonds is 4. The molecular weight excluding hydrogens is 290 g/mol. The monoisotopic (exact) mass is 308 g/mol. The molecule has 5 nitrogen and oxygen atoms in total. The Bertz CT molecular complexity index is 634. The number of halogens is 2. The SMILES string of the molecule is OC1(Cn2ccnn2)CCCN(Cc2ccc(F)c(F)c2)C1. The number of likely N-dealkylation sites (tertiary alicyclic amines) is 1. The van der Waals surface area contributed by atoms with Gasteiger partial charge in [-0.15, -0.1) is 5.10 Å². The molecule has 1 unspecified atom stereocenters. The molecule has 1 aromatic heterocycles. The lowest BCUT2D eigenvalue weighted by molar-refractivity contribution is -0.0478. The van der Waals surface area contributed by atoms with Gasteiger partial charge < -0.3 is 5.11 Å². The molecule has 1 aromatic carbocycles. The topological polar surface area (TPSA) is 54.2 Å². The highest BCUT2D eigenvalue weighted by Crippen LogP contribution is 2.24. The van der Waals surface area contributed by atoms with Crippen molar-refractivity contribution in [3.63, 3.8) is 0 Å². The summed E-state index contributed by atoms with van der Waals surface area (Å²) < 4.78 is 27.9. The fraction of sp³-hybridized carbons (Fsp3) is 0.467. The van der Waals surface area contributed by atoms with E-state index in [0.29, 0.717) is 31.6 Å². The molecular formula is C15H18F2N4O. The molecule has 2 aromatic rings. The van der Waals surface area contributed by atoms with Crippen molar-refractivity contribution in [2.45, 2.75) is 31.5 Å². The highest BCUT2D eigenvalue weighted by molar-refractivity contribution is 5.17. The van der Waals surface area contributed by atoms with Crippen LogP contribution in [0.4, 0.5) is 8.78 Å². The molecule has 7 heteroatoms. The second kappa shape index (κ2) is 6.10. The number of aromatic nitrogens is 3.